The normalized spacial score (nSPS) is 11.7. The van der Waals surface area contributed by atoms with E-state index in [1.165, 1.54) is 0 Å². The Kier molecular flexibility index (Phi) is 5.40. The van der Waals surface area contributed by atoms with Crippen molar-refractivity contribution in [3.8, 4) is 11.6 Å². The smallest absolute Gasteiger partial charge is 0.319 e. The largest absolute Gasteiger partial charge is 0.495 e. The van der Waals surface area contributed by atoms with Gasteiger partial charge in [0.2, 0.25) is 0 Å². The van der Waals surface area contributed by atoms with E-state index < -0.39 is 0 Å². The van der Waals surface area contributed by atoms with Crippen molar-refractivity contribution >= 4 is 11.7 Å². The molecule has 0 fully saturated rings. The summed E-state index contributed by atoms with van der Waals surface area (Å²) in [6, 6.07) is 10.8. The van der Waals surface area contributed by atoms with Gasteiger partial charge in [0.1, 0.15) is 5.75 Å². The van der Waals surface area contributed by atoms with Crippen LogP contribution in [0.2, 0.25) is 0 Å². The van der Waals surface area contributed by atoms with Crippen molar-refractivity contribution in [1.29, 1.82) is 0 Å². The minimum atomic E-state index is -0.309. The van der Waals surface area contributed by atoms with E-state index in [4.69, 9.17) is 4.74 Å². The number of nitrogens with one attached hydrogen (secondary N) is 2. The summed E-state index contributed by atoms with van der Waals surface area (Å²) in [5.41, 5.74) is 3.51. The van der Waals surface area contributed by atoms with Crippen LogP contribution in [-0.4, -0.2) is 27.9 Å². The molecule has 27 heavy (non-hydrogen) atoms. The van der Waals surface area contributed by atoms with Crippen molar-refractivity contribution in [3.63, 3.8) is 0 Å². The average molecular weight is 365 g/mol. The maximum atomic E-state index is 12.4. The molecule has 2 aromatic heterocycles. The number of nitrogens with zero attached hydrogens (tertiary/aromatic N) is 3. The highest BCUT2D eigenvalue weighted by molar-refractivity contribution is 5.91. The number of pyridine rings is 1. The molecule has 0 saturated carbocycles. The third-order valence-corrected chi connectivity index (χ3v) is 4.33. The molecule has 0 saturated heterocycles. The number of aryl methyl sites for hydroxylation is 1. The first-order valence-corrected chi connectivity index (χ1v) is 8.67. The van der Waals surface area contributed by atoms with Gasteiger partial charge >= 0.3 is 6.03 Å². The Labute approximate surface area is 158 Å². The van der Waals surface area contributed by atoms with E-state index in [0.29, 0.717) is 11.4 Å². The Bertz CT molecular complexity index is 937. The molecule has 2 N–H and O–H groups in total. The molecule has 3 rings (SSSR count). The summed E-state index contributed by atoms with van der Waals surface area (Å²) >= 11 is 0. The zero-order chi connectivity index (χ0) is 19.4. The number of carbonyl (C=O) groups excluding carboxylic acids is 1. The van der Waals surface area contributed by atoms with Crippen molar-refractivity contribution in [2.75, 3.05) is 12.4 Å². The van der Waals surface area contributed by atoms with Gasteiger partial charge in [0.15, 0.2) is 5.82 Å². The van der Waals surface area contributed by atoms with Gasteiger partial charge < -0.3 is 15.4 Å². The number of amides is 2. The lowest BCUT2D eigenvalue weighted by Gasteiger charge is -2.16. The number of aromatic nitrogens is 3. The van der Waals surface area contributed by atoms with Crippen LogP contribution in [0.4, 0.5) is 10.5 Å². The molecule has 0 aliphatic rings. The Morgan fingerprint density at radius 3 is 2.74 bits per heavy atom. The highest BCUT2D eigenvalue weighted by Crippen LogP contribution is 2.25. The van der Waals surface area contributed by atoms with Crippen molar-refractivity contribution in [2.24, 2.45) is 0 Å². The third kappa shape index (κ3) is 4.08. The summed E-state index contributed by atoms with van der Waals surface area (Å²) in [6.07, 6.45) is 3.47. The number of methoxy groups -OCH3 is 1. The number of urea groups is 1. The van der Waals surface area contributed by atoms with E-state index in [1.54, 1.807) is 24.2 Å². The van der Waals surface area contributed by atoms with Crippen LogP contribution in [0.5, 0.6) is 5.75 Å². The second-order valence-electron chi connectivity index (χ2n) is 6.31. The molecule has 1 aromatic carbocycles. The first-order valence-electron chi connectivity index (χ1n) is 8.67. The molecule has 0 radical (unpaired) electrons. The second kappa shape index (κ2) is 7.90. The molecule has 0 bridgehead atoms. The quantitative estimate of drug-likeness (QED) is 0.721. The second-order valence-corrected chi connectivity index (χ2v) is 6.31. The zero-order valence-corrected chi connectivity index (χ0v) is 15.9. The number of carbonyl (C=O) groups is 1. The van der Waals surface area contributed by atoms with Crippen molar-refractivity contribution in [1.82, 2.24) is 20.1 Å². The number of benzene rings is 1. The van der Waals surface area contributed by atoms with Gasteiger partial charge in [0.05, 0.1) is 25.0 Å². The van der Waals surface area contributed by atoms with Gasteiger partial charge in [-0.1, -0.05) is 12.1 Å². The molecule has 1 atom stereocenters. The van der Waals surface area contributed by atoms with Crippen LogP contribution in [0.25, 0.3) is 5.82 Å². The summed E-state index contributed by atoms with van der Waals surface area (Å²) in [6.45, 7) is 5.83. The van der Waals surface area contributed by atoms with E-state index in [-0.39, 0.29) is 12.1 Å². The van der Waals surface area contributed by atoms with Crippen LogP contribution in [0, 0.1) is 13.8 Å². The number of hydrogen-bond acceptors (Lipinski definition) is 4. The topological polar surface area (TPSA) is 81.1 Å². The number of ether oxygens (including phenoxy) is 1. The average Bonchev–Trinajstić information content (AvgIpc) is 3.04. The molecule has 0 aliphatic heterocycles. The number of anilines is 1. The first-order chi connectivity index (χ1) is 13.0. The molecule has 3 aromatic rings. The molecule has 0 aliphatic carbocycles. The summed E-state index contributed by atoms with van der Waals surface area (Å²) in [4.78, 5) is 16.8. The van der Waals surface area contributed by atoms with Crippen LogP contribution in [-0.2, 0) is 0 Å². The van der Waals surface area contributed by atoms with Gasteiger partial charge in [-0.2, -0.15) is 5.10 Å². The molecule has 7 nitrogen and oxygen atoms in total. The Balaban J connectivity index is 1.73. The van der Waals surface area contributed by atoms with E-state index in [1.807, 2.05) is 57.2 Å². The van der Waals surface area contributed by atoms with Gasteiger partial charge in [-0.25, -0.2) is 14.5 Å². The number of hydrogen-bond donors (Lipinski definition) is 2. The van der Waals surface area contributed by atoms with Crippen LogP contribution in [0.15, 0.2) is 48.8 Å². The summed E-state index contributed by atoms with van der Waals surface area (Å²) < 4.78 is 7.06. The van der Waals surface area contributed by atoms with Gasteiger partial charge in [0, 0.05) is 17.5 Å². The van der Waals surface area contributed by atoms with Crippen LogP contribution >= 0.6 is 0 Å². The minimum absolute atomic E-state index is 0.224. The maximum absolute atomic E-state index is 12.4. The molecular weight excluding hydrogens is 342 g/mol. The Morgan fingerprint density at radius 2 is 2.04 bits per heavy atom. The summed E-state index contributed by atoms with van der Waals surface area (Å²) in [5.74, 6) is 1.35. The van der Waals surface area contributed by atoms with Crippen molar-refractivity contribution in [2.45, 2.75) is 26.8 Å². The minimum Gasteiger partial charge on any atom is -0.495 e. The molecular formula is C20H23N5O2. The van der Waals surface area contributed by atoms with E-state index in [9.17, 15) is 4.79 Å². The standard InChI is InChI=1S/C20H23N5O2/c1-13-8-9-18(27-4)17(11-13)24-20(26)23-14(2)16-12-22-25(15(16)3)19-7-5-6-10-21-19/h5-12,14H,1-4H3,(H2,23,24,26). The van der Waals surface area contributed by atoms with E-state index in [0.717, 1.165) is 22.6 Å². The van der Waals surface area contributed by atoms with E-state index in [2.05, 4.69) is 20.7 Å². The van der Waals surface area contributed by atoms with Crippen LogP contribution in [0.1, 0.15) is 29.8 Å². The van der Waals surface area contributed by atoms with Crippen LogP contribution in [0.3, 0.4) is 0 Å². The van der Waals surface area contributed by atoms with Gasteiger partial charge in [-0.3, -0.25) is 0 Å². The molecule has 1 unspecified atom stereocenters. The first kappa shape index (κ1) is 18.4. The predicted molar refractivity (Wildman–Crippen MR) is 104 cm³/mol. The SMILES string of the molecule is COc1ccc(C)cc1NC(=O)NC(C)c1cnn(-c2ccccn2)c1C. The fourth-order valence-electron chi connectivity index (χ4n) is 2.91. The van der Waals surface area contributed by atoms with Gasteiger partial charge in [-0.15, -0.1) is 0 Å². The predicted octanol–water partition coefficient (Wildman–Crippen LogP) is 3.78. The Morgan fingerprint density at radius 1 is 1.22 bits per heavy atom. The highest BCUT2D eigenvalue weighted by atomic mass is 16.5. The number of rotatable bonds is 5. The maximum Gasteiger partial charge on any atom is 0.319 e. The fourth-order valence-corrected chi connectivity index (χ4v) is 2.91. The zero-order valence-electron chi connectivity index (χ0n) is 15.9. The highest BCUT2D eigenvalue weighted by Gasteiger charge is 2.17. The summed E-state index contributed by atoms with van der Waals surface area (Å²) in [5, 5.41) is 10.2. The van der Waals surface area contributed by atoms with Crippen molar-refractivity contribution < 1.29 is 9.53 Å². The van der Waals surface area contributed by atoms with Crippen LogP contribution < -0.4 is 15.4 Å². The molecule has 0 spiro atoms. The monoisotopic (exact) mass is 365 g/mol. The Hall–Kier alpha value is -3.35. The lowest BCUT2D eigenvalue weighted by atomic mass is 10.1. The molecule has 2 amide bonds. The third-order valence-electron chi connectivity index (χ3n) is 4.33. The van der Waals surface area contributed by atoms with Crippen molar-refractivity contribution in [3.05, 3.63) is 65.6 Å². The summed E-state index contributed by atoms with van der Waals surface area (Å²) in [7, 11) is 1.58. The lowest BCUT2D eigenvalue weighted by molar-refractivity contribution is 0.249. The molecule has 140 valence electrons. The van der Waals surface area contributed by atoms with E-state index >= 15 is 0 Å². The molecule has 7 heteroatoms. The van der Waals surface area contributed by atoms with Gasteiger partial charge in [0.25, 0.3) is 0 Å². The fraction of sp³-hybridized carbons (Fsp3) is 0.250. The molecule has 2 heterocycles. The lowest BCUT2D eigenvalue weighted by Crippen LogP contribution is -2.31. The van der Waals surface area contributed by atoms with Gasteiger partial charge in [-0.05, 0) is 50.6 Å².